The fourth-order valence-corrected chi connectivity index (χ4v) is 5.81. The summed E-state index contributed by atoms with van der Waals surface area (Å²) in [7, 11) is 0. The second-order valence-corrected chi connectivity index (χ2v) is 11.7. The number of hydrogen-bond donors (Lipinski definition) is 4. The molecule has 2 amide bonds. The van der Waals surface area contributed by atoms with Crippen molar-refractivity contribution in [1.82, 2.24) is 4.90 Å². The summed E-state index contributed by atoms with van der Waals surface area (Å²) in [5.41, 5.74) is 3.97. The Labute approximate surface area is 263 Å². The van der Waals surface area contributed by atoms with Crippen LogP contribution in [0.4, 0.5) is 16.2 Å². The average Bonchev–Trinajstić information content (AvgIpc) is 3.48. The van der Waals surface area contributed by atoms with Crippen molar-refractivity contribution >= 4 is 17.4 Å². The van der Waals surface area contributed by atoms with Gasteiger partial charge in [0.2, 0.25) is 0 Å². The predicted octanol–water partition coefficient (Wildman–Crippen LogP) is 6.47. The normalized spacial score (nSPS) is 23.4. The summed E-state index contributed by atoms with van der Waals surface area (Å²) >= 11 is 0. The highest BCUT2D eigenvalue weighted by molar-refractivity contribution is 5.99. The minimum Gasteiger partial charge on any atom is -0.457 e. The molecule has 9 heteroatoms. The van der Waals surface area contributed by atoms with E-state index in [2.05, 4.69) is 22.5 Å². The van der Waals surface area contributed by atoms with Gasteiger partial charge >= 0.3 is 6.03 Å². The standard InChI is InChI=1S/C36H39N3O6/c1-24-33(22-39-20-19-30(41)21-39)44-35(45-34(24)26-9-7-25(23-40)8-10-26)27-11-13-28(14-12-27)37-36(42)38-29-15-17-32(18-16-29)43-31-5-3-2-4-6-31/h2-18,24,30,33-35,40-41H,19-23H2,1H3,(H2,37,38,42). The molecule has 5 atom stereocenters. The zero-order valence-electron chi connectivity index (χ0n) is 25.2. The van der Waals surface area contributed by atoms with Crippen LogP contribution in [0.5, 0.6) is 11.5 Å². The van der Waals surface area contributed by atoms with Gasteiger partial charge in [-0.2, -0.15) is 0 Å². The molecule has 234 valence electrons. The number of urea groups is 1. The highest BCUT2D eigenvalue weighted by Crippen LogP contribution is 2.42. The molecular weight excluding hydrogens is 570 g/mol. The third-order valence-electron chi connectivity index (χ3n) is 8.34. The smallest absolute Gasteiger partial charge is 0.323 e. The Morgan fingerprint density at radius 1 is 0.844 bits per heavy atom. The number of carbonyl (C=O) groups excluding carboxylic acids is 1. The Bertz CT molecular complexity index is 1530. The summed E-state index contributed by atoms with van der Waals surface area (Å²) in [6, 6.07) is 31.6. The first-order valence-electron chi connectivity index (χ1n) is 15.4. The molecule has 0 radical (unpaired) electrons. The Morgan fingerprint density at radius 2 is 1.47 bits per heavy atom. The summed E-state index contributed by atoms with van der Waals surface area (Å²) in [6.07, 6.45) is -0.487. The van der Waals surface area contributed by atoms with Crippen molar-refractivity contribution in [3.8, 4) is 11.5 Å². The number of carbonyl (C=O) groups is 1. The molecule has 2 saturated heterocycles. The Balaban J connectivity index is 1.10. The van der Waals surface area contributed by atoms with Gasteiger partial charge in [-0.05, 0) is 66.1 Å². The van der Waals surface area contributed by atoms with Crippen molar-refractivity contribution in [2.45, 2.75) is 44.6 Å². The number of aliphatic hydroxyl groups is 2. The van der Waals surface area contributed by atoms with Crippen LogP contribution in [0.3, 0.4) is 0 Å². The number of anilines is 2. The van der Waals surface area contributed by atoms with Crippen LogP contribution < -0.4 is 15.4 Å². The first-order valence-corrected chi connectivity index (χ1v) is 15.4. The number of aliphatic hydroxyl groups excluding tert-OH is 2. The molecule has 5 unspecified atom stereocenters. The maximum absolute atomic E-state index is 12.7. The van der Waals surface area contributed by atoms with Gasteiger partial charge in [-0.1, -0.05) is 61.5 Å². The van der Waals surface area contributed by atoms with E-state index in [1.54, 1.807) is 24.3 Å². The minimum atomic E-state index is -0.610. The van der Waals surface area contributed by atoms with Crippen LogP contribution in [0.1, 0.15) is 42.4 Å². The number of β-amino-alcohol motifs (C(OH)–C–C–N with tert-alkyl or cyclic N) is 1. The summed E-state index contributed by atoms with van der Waals surface area (Å²) in [5, 5.41) is 25.3. The van der Waals surface area contributed by atoms with Gasteiger partial charge in [0.1, 0.15) is 11.5 Å². The van der Waals surface area contributed by atoms with E-state index in [1.807, 2.05) is 78.9 Å². The van der Waals surface area contributed by atoms with Crippen LogP contribution in [0.25, 0.3) is 0 Å². The molecule has 6 rings (SSSR count). The zero-order valence-corrected chi connectivity index (χ0v) is 25.2. The third-order valence-corrected chi connectivity index (χ3v) is 8.34. The monoisotopic (exact) mass is 609 g/mol. The van der Waals surface area contributed by atoms with E-state index >= 15 is 0 Å². The van der Waals surface area contributed by atoms with E-state index in [1.165, 1.54) is 0 Å². The average molecular weight is 610 g/mol. The van der Waals surface area contributed by atoms with Crippen molar-refractivity contribution in [1.29, 1.82) is 0 Å². The van der Waals surface area contributed by atoms with Gasteiger partial charge in [0.15, 0.2) is 6.29 Å². The van der Waals surface area contributed by atoms with Gasteiger partial charge in [-0.3, -0.25) is 4.90 Å². The summed E-state index contributed by atoms with van der Waals surface area (Å²) < 4.78 is 18.9. The second-order valence-electron chi connectivity index (χ2n) is 11.7. The van der Waals surface area contributed by atoms with E-state index < -0.39 is 6.29 Å². The summed E-state index contributed by atoms with van der Waals surface area (Å²) in [5.74, 6) is 1.48. The first-order chi connectivity index (χ1) is 21.9. The molecule has 2 fully saturated rings. The molecule has 4 N–H and O–H groups in total. The molecule has 0 bridgehead atoms. The predicted molar refractivity (Wildman–Crippen MR) is 172 cm³/mol. The lowest BCUT2D eigenvalue weighted by atomic mass is 9.90. The quantitative estimate of drug-likeness (QED) is 0.172. The number of likely N-dealkylation sites (tertiary alicyclic amines) is 1. The van der Waals surface area contributed by atoms with Gasteiger partial charge in [0.25, 0.3) is 0 Å². The molecule has 2 heterocycles. The molecule has 0 aromatic heterocycles. The highest BCUT2D eigenvalue weighted by Gasteiger charge is 2.39. The van der Waals surface area contributed by atoms with Crippen LogP contribution in [-0.2, 0) is 16.1 Å². The van der Waals surface area contributed by atoms with Crippen molar-refractivity contribution in [2.24, 2.45) is 5.92 Å². The molecule has 2 aliphatic heterocycles. The number of nitrogens with one attached hydrogen (secondary N) is 2. The van der Waals surface area contributed by atoms with Crippen LogP contribution in [-0.4, -0.2) is 53.0 Å². The largest absolute Gasteiger partial charge is 0.457 e. The first kappa shape index (κ1) is 30.8. The lowest BCUT2D eigenvalue weighted by Crippen LogP contribution is -2.44. The van der Waals surface area contributed by atoms with Crippen LogP contribution >= 0.6 is 0 Å². The van der Waals surface area contributed by atoms with E-state index in [4.69, 9.17) is 14.2 Å². The maximum atomic E-state index is 12.7. The van der Waals surface area contributed by atoms with Gasteiger partial charge in [0.05, 0.1) is 24.9 Å². The lowest BCUT2D eigenvalue weighted by Gasteiger charge is -2.42. The van der Waals surface area contributed by atoms with Crippen molar-refractivity contribution < 1.29 is 29.2 Å². The van der Waals surface area contributed by atoms with E-state index in [-0.39, 0.29) is 36.9 Å². The Hall–Kier alpha value is -4.25. The summed E-state index contributed by atoms with van der Waals surface area (Å²) in [4.78, 5) is 15.0. The molecule has 0 saturated carbocycles. The van der Waals surface area contributed by atoms with Crippen molar-refractivity contribution in [3.63, 3.8) is 0 Å². The number of rotatable bonds is 9. The fraction of sp³-hybridized carbons (Fsp3) is 0.306. The molecule has 4 aromatic rings. The number of ether oxygens (including phenoxy) is 3. The van der Waals surface area contributed by atoms with Crippen LogP contribution in [0, 0.1) is 5.92 Å². The summed E-state index contributed by atoms with van der Waals surface area (Å²) in [6.45, 7) is 4.29. The number of amides is 2. The van der Waals surface area contributed by atoms with Gasteiger partial charge < -0.3 is 35.1 Å². The second kappa shape index (κ2) is 14.2. The Kier molecular flexibility index (Phi) is 9.73. The zero-order chi connectivity index (χ0) is 31.2. The molecule has 0 aliphatic carbocycles. The molecule has 9 nitrogen and oxygen atoms in total. The van der Waals surface area contributed by atoms with E-state index in [0.717, 1.165) is 35.4 Å². The van der Waals surface area contributed by atoms with Crippen LogP contribution in [0.2, 0.25) is 0 Å². The molecule has 45 heavy (non-hydrogen) atoms. The topological polar surface area (TPSA) is 113 Å². The molecular formula is C36H39N3O6. The van der Waals surface area contributed by atoms with E-state index in [0.29, 0.717) is 30.2 Å². The fourth-order valence-electron chi connectivity index (χ4n) is 5.81. The lowest BCUT2D eigenvalue weighted by molar-refractivity contribution is -0.276. The number of hydrogen-bond acceptors (Lipinski definition) is 7. The molecule has 0 spiro atoms. The van der Waals surface area contributed by atoms with Crippen LogP contribution in [0.15, 0.2) is 103 Å². The number of para-hydroxylation sites is 1. The number of nitrogens with zero attached hydrogens (tertiary/aromatic N) is 1. The SMILES string of the molecule is CC1C(CN2CCC(O)C2)OC(c2ccc(NC(=O)Nc3ccc(Oc4ccccc4)cc3)cc2)OC1c1ccc(CO)cc1. The van der Waals surface area contributed by atoms with Crippen molar-refractivity contribution in [3.05, 3.63) is 120 Å². The third kappa shape index (κ3) is 7.89. The number of benzene rings is 4. The van der Waals surface area contributed by atoms with Crippen molar-refractivity contribution in [2.75, 3.05) is 30.3 Å². The van der Waals surface area contributed by atoms with Gasteiger partial charge in [-0.25, -0.2) is 4.79 Å². The van der Waals surface area contributed by atoms with Gasteiger partial charge in [0, 0.05) is 42.5 Å². The van der Waals surface area contributed by atoms with E-state index in [9.17, 15) is 15.0 Å². The molecule has 4 aromatic carbocycles. The molecule has 2 aliphatic rings. The Morgan fingerprint density at radius 3 is 2.09 bits per heavy atom. The minimum absolute atomic E-state index is 0.0125. The van der Waals surface area contributed by atoms with Gasteiger partial charge in [-0.15, -0.1) is 0 Å². The highest BCUT2D eigenvalue weighted by atomic mass is 16.7. The maximum Gasteiger partial charge on any atom is 0.323 e.